The Morgan fingerprint density at radius 2 is 1.80 bits per heavy atom. The summed E-state index contributed by atoms with van der Waals surface area (Å²) in [6.07, 6.45) is 5.65. The van der Waals surface area contributed by atoms with Crippen molar-refractivity contribution in [2.45, 2.75) is 44.9 Å². The Morgan fingerprint density at radius 1 is 1.15 bits per heavy atom. The summed E-state index contributed by atoms with van der Waals surface area (Å²) in [6.45, 7) is 6.79. The molecule has 2 aliphatic carbocycles. The van der Waals surface area contributed by atoms with Crippen LogP contribution in [0.5, 0.6) is 5.75 Å². The molecule has 0 aromatic heterocycles. The van der Waals surface area contributed by atoms with E-state index in [1.54, 1.807) is 7.11 Å². The number of methoxy groups -OCH3 is 1. The molecule has 110 valence electrons. The van der Waals surface area contributed by atoms with Gasteiger partial charge in [-0.15, -0.1) is 0 Å². The second kappa shape index (κ2) is 5.07. The van der Waals surface area contributed by atoms with Gasteiger partial charge in [-0.25, -0.2) is 0 Å². The van der Waals surface area contributed by atoms with Crippen LogP contribution in [-0.4, -0.2) is 20.2 Å². The fourth-order valence-electron chi connectivity index (χ4n) is 3.89. The van der Waals surface area contributed by atoms with Crippen molar-refractivity contribution in [3.8, 4) is 5.75 Å². The second-order valence-corrected chi connectivity index (χ2v) is 7.39. The molecule has 0 radical (unpaired) electrons. The van der Waals surface area contributed by atoms with Crippen LogP contribution in [0.25, 0.3) is 0 Å². The van der Waals surface area contributed by atoms with E-state index in [9.17, 15) is 0 Å². The van der Waals surface area contributed by atoms with Gasteiger partial charge in [-0.3, -0.25) is 0 Å². The highest BCUT2D eigenvalue weighted by molar-refractivity contribution is 5.37. The monoisotopic (exact) mass is 273 g/mol. The van der Waals surface area contributed by atoms with Crippen LogP contribution in [0.4, 0.5) is 0 Å². The minimum absolute atomic E-state index is 0.373. The number of nitrogens with one attached hydrogen (secondary N) is 1. The lowest BCUT2D eigenvalue weighted by Gasteiger charge is -2.50. The molecule has 3 rings (SSSR count). The van der Waals surface area contributed by atoms with Crippen molar-refractivity contribution in [3.05, 3.63) is 29.8 Å². The van der Waals surface area contributed by atoms with E-state index in [1.165, 1.54) is 31.2 Å². The van der Waals surface area contributed by atoms with Crippen LogP contribution in [0.3, 0.4) is 0 Å². The first-order chi connectivity index (χ1) is 9.57. The van der Waals surface area contributed by atoms with Gasteiger partial charge in [-0.1, -0.05) is 26.0 Å². The first-order valence-electron chi connectivity index (χ1n) is 7.93. The second-order valence-electron chi connectivity index (χ2n) is 7.39. The zero-order valence-corrected chi connectivity index (χ0v) is 13.0. The van der Waals surface area contributed by atoms with Crippen LogP contribution in [-0.2, 0) is 5.41 Å². The molecular formula is C18H27NO. The van der Waals surface area contributed by atoms with E-state index in [4.69, 9.17) is 4.74 Å². The minimum atomic E-state index is 0.373. The Morgan fingerprint density at radius 3 is 2.30 bits per heavy atom. The van der Waals surface area contributed by atoms with Crippen LogP contribution >= 0.6 is 0 Å². The summed E-state index contributed by atoms with van der Waals surface area (Å²) in [5.41, 5.74) is 2.59. The largest absolute Gasteiger partial charge is 0.497 e. The molecule has 1 N–H and O–H groups in total. The van der Waals surface area contributed by atoms with E-state index in [-0.39, 0.29) is 0 Å². The fourth-order valence-corrected chi connectivity index (χ4v) is 3.89. The molecule has 0 amide bonds. The van der Waals surface area contributed by atoms with Gasteiger partial charge in [0.15, 0.2) is 0 Å². The van der Waals surface area contributed by atoms with Crippen LogP contribution in [0.1, 0.15) is 45.1 Å². The Labute approximate surface area is 122 Å². The molecule has 2 heteroatoms. The molecule has 2 nitrogen and oxygen atoms in total. The van der Waals surface area contributed by atoms with Crippen LogP contribution in [0.15, 0.2) is 24.3 Å². The van der Waals surface area contributed by atoms with Crippen molar-refractivity contribution in [3.63, 3.8) is 0 Å². The molecule has 20 heavy (non-hydrogen) atoms. The van der Waals surface area contributed by atoms with Gasteiger partial charge in [0.1, 0.15) is 5.75 Å². The van der Waals surface area contributed by atoms with Gasteiger partial charge in [0.2, 0.25) is 0 Å². The van der Waals surface area contributed by atoms with Gasteiger partial charge in [0.05, 0.1) is 7.11 Å². The average Bonchev–Trinajstić information content (AvgIpc) is 3.17. The Balaban J connectivity index is 1.71. The van der Waals surface area contributed by atoms with Gasteiger partial charge < -0.3 is 10.1 Å². The zero-order chi connectivity index (χ0) is 14.2. The van der Waals surface area contributed by atoms with E-state index in [1.807, 2.05) is 0 Å². The standard InChI is InChI=1S/C18H27NO/c1-14(2)10-19-13-18(11-17(12-18)8-9-17)15-4-6-16(20-3)7-5-15/h4-7,14,19H,8-13H2,1-3H3. The predicted molar refractivity (Wildman–Crippen MR) is 83.3 cm³/mol. The molecule has 0 unspecified atom stereocenters. The molecule has 0 saturated heterocycles. The van der Waals surface area contributed by atoms with Crippen molar-refractivity contribution in [1.29, 1.82) is 0 Å². The molecule has 2 aliphatic rings. The van der Waals surface area contributed by atoms with Gasteiger partial charge >= 0.3 is 0 Å². The maximum absolute atomic E-state index is 5.28. The molecule has 0 heterocycles. The molecule has 1 aromatic rings. The normalized spacial score (nSPS) is 21.8. The van der Waals surface area contributed by atoms with E-state index < -0.39 is 0 Å². The molecule has 2 fully saturated rings. The van der Waals surface area contributed by atoms with E-state index in [2.05, 4.69) is 43.4 Å². The summed E-state index contributed by atoms with van der Waals surface area (Å²) in [7, 11) is 1.73. The Bertz CT molecular complexity index is 451. The van der Waals surface area contributed by atoms with Crippen LogP contribution in [0, 0.1) is 11.3 Å². The SMILES string of the molecule is COc1ccc(C2(CNCC(C)C)CC3(CC3)C2)cc1. The van der Waals surface area contributed by atoms with E-state index >= 15 is 0 Å². The maximum Gasteiger partial charge on any atom is 0.118 e. The van der Waals surface area contributed by atoms with E-state index in [0.29, 0.717) is 5.41 Å². The molecule has 1 spiro atoms. The molecule has 2 saturated carbocycles. The molecule has 0 bridgehead atoms. The fraction of sp³-hybridized carbons (Fsp3) is 0.667. The number of rotatable bonds is 6. The van der Waals surface area contributed by atoms with Crippen molar-refractivity contribution >= 4 is 0 Å². The number of ether oxygens (including phenoxy) is 1. The van der Waals surface area contributed by atoms with Crippen molar-refractivity contribution < 1.29 is 4.74 Å². The summed E-state index contributed by atoms with van der Waals surface area (Å²) in [4.78, 5) is 0. The Hall–Kier alpha value is -1.02. The molecule has 0 aliphatic heterocycles. The number of hydrogen-bond acceptors (Lipinski definition) is 2. The van der Waals surface area contributed by atoms with Crippen molar-refractivity contribution in [2.24, 2.45) is 11.3 Å². The smallest absolute Gasteiger partial charge is 0.118 e. The first-order valence-corrected chi connectivity index (χ1v) is 7.93. The first kappa shape index (κ1) is 13.9. The summed E-state index contributed by atoms with van der Waals surface area (Å²) >= 11 is 0. The summed E-state index contributed by atoms with van der Waals surface area (Å²) in [5, 5.41) is 3.69. The zero-order valence-electron chi connectivity index (χ0n) is 13.0. The van der Waals surface area contributed by atoms with Gasteiger partial charge in [0, 0.05) is 12.0 Å². The Kier molecular flexibility index (Phi) is 3.53. The topological polar surface area (TPSA) is 21.3 Å². The lowest BCUT2D eigenvalue weighted by Crippen LogP contribution is -2.50. The molecule has 1 aromatic carbocycles. The minimum Gasteiger partial charge on any atom is -0.497 e. The van der Waals surface area contributed by atoms with Gasteiger partial charge in [0.25, 0.3) is 0 Å². The van der Waals surface area contributed by atoms with Crippen LogP contribution in [0.2, 0.25) is 0 Å². The van der Waals surface area contributed by atoms with Crippen LogP contribution < -0.4 is 10.1 Å². The molecule has 0 atom stereocenters. The summed E-state index contributed by atoms with van der Waals surface area (Å²) in [5.74, 6) is 1.68. The number of benzene rings is 1. The lowest BCUT2D eigenvalue weighted by atomic mass is 9.56. The third-order valence-corrected chi connectivity index (χ3v) is 5.10. The predicted octanol–water partition coefficient (Wildman–Crippen LogP) is 3.75. The molecular weight excluding hydrogens is 246 g/mol. The average molecular weight is 273 g/mol. The highest BCUT2D eigenvalue weighted by Crippen LogP contribution is 2.68. The van der Waals surface area contributed by atoms with Gasteiger partial charge in [-0.05, 0) is 61.3 Å². The third kappa shape index (κ3) is 2.58. The van der Waals surface area contributed by atoms with Gasteiger partial charge in [-0.2, -0.15) is 0 Å². The highest BCUT2D eigenvalue weighted by atomic mass is 16.5. The number of hydrogen-bond donors (Lipinski definition) is 1. The maximum atomic E-state index is 5.28. The quantitative estimate of drug-likeness (QED) is 0.852. The van der Waals surface area contributed by atoms with E-state index in [0.717, 1.165) is 30.2 Å². The summed E-state index contributed by atoms with van der Waals surface area (Å²) < 4.78 is 5.28. The third-order valence-electron chi connectivity index (χ3n) is 5.10. The van der Waals surface area contributed by atoms with Crippen molar-refractivity contribution in [1.82, 2.24) is 5.32 Å². The summed E-state index contributed by atoms with van der Waals surface area (Å²) in [6, 6.07) is 8.76. The van der Waals surface area contributed by atoms with Crippen molar-refractivity contribution in [2.75, 3.05) is 20.2 Å². The lowest BCUT2D eigenvalue weighted by molar-refractivity contribution is 0.115. The highest BCUT2D eigenvalue weighted by Gasteiger charge is 2.60.